The van der Waals surface area contributed by atoms with Crippen molar-refractivity contribution in [1.29, 1.82) is 0 Å². The van der Waals surface area contributed by atoms with Gasteiger partial charge in [0, 0.05) is 43.1 Å². The molecular weight excluding hydrogens is 442 g/mol. The number of nitrogens with zero attached hydrogens (tertiary/aromatic N) is 5. The van der Waals surface area contributed by atoms with Crippen LogP contribution in [0.1, 0.15) is 55.4 Å². The number of carbonyl (C=O) groups excluding carboxylic acids is 1. The SMILES string of the molecule is CC1CC2(CCC1n1cc3cc(C(=O)Nc4cnn5cccnc45)c(OC4CC4)cc3n1)CNC2. The van der Waals surface area contributed by atoms with Gasteiger partial charge in [0.2, 0.25) is 0 Å². The Kier molecular flexibility index (Phi) is 4.64. The molecule has 1 amide bonds. The van der Waals surface area contributed by atoms with Gasteiger partial charge in [-0.3, -0.25) is 9.48 Å². The summed E-state index contributed by atoms with van der Waals surface area (Å²) in [5.41, 5.74) is 3.04. The smallest absolute Gasteiger partial charge is 0.259 e. The highest BCUT2D eigenvalue weighted by Gasteiger charge is 2.43. The number of nitrogens with one attached hydrogen (secondary N) is 2. The molecule has 3 aromatic heterocycles. The summed E-state index contributed by atoms with van der Waals surface area (Å²) < 4.78 is 9.93. The second-order valence-corrected chi connectivity index (χ2v) is 10.6. The number of hydrogen-bond donors (Lipinski definition) is 2. The molecule has 3 aliphatic rings. The molecule has 9 nitrogen and oxygen atoms in total. The van der Waals surface area contributed by atoms with Gasteiger partial charge in [0.05, 0.1) is 29.4 Å². The standard InChI is InChI=1S/C26H29N7O2/c1-16-11-26(14-27-15-26)6-5-22(16)33-13-17-9-19(23(10-20(17)31-33)35-18-3-4-18)25(34)30-21-12-29-32-8-2-7-28-24(21)32/h2,7-10,12-13,16,18,22,27H,3-6,11,14-15H2,1H3,(H,30,34). The molecule has 35 heavy (non-hydrogen) atoms. The molecule has 2 saturated carbocycles. The average molecular weight is 472 g/mol. The Morgan fingerprint density at radius 2 is 2.14 bits per heavy atom. The van der Waals surface area contributed by atoms with Crippen LogP contribution in [0.15, 0.2) is 43.0 Å². The van der Waals surface area contributed by atoms with Crippen molar-refractivity contribution in [3.63, 3.8) is 0 Å². The van der Waals surface area contributed by atoms with Crippen LogP contribution < -0.4 is 15.4 Å². The Morgan fingerprint density at radius 3 is 2.91 bits per heavy atom. The Bertz CT molecular complexity index is 1430. The maximum absolute atomic E-state index is 13.4. The van der Waals surface area contributed by atoms with E-state index in [1.54, 1.807) is 29.2 Å². The van der Waals surface area contributed by atoms with Crippen molar-refractivity contribution in [3.8, 4) is 5.75 Å². The number of carbonyl (C=O) groups is 1. The summed E-state index contributed by atoms with van der Waals surface area (Å²) in [5, 5.41) is 16.6. The lowest BCUT2D eigenvalue weighted by Gasteiger charge is -2.50. The first kappa shape index (κ1) is 20.9. The van der Waals surface area contributed by atoms with Crippen molar-refractivity contribution < 1.29 is 9.53 Å². The van der Waals surface area contributed by atoms with Crippen LogP contribution in [0.5, 0.6) is 5.75 Å². The van der Waals surface area contributed by atoms with Gasteiger partial charge in [-0.05, 0) is 55.6 Å². The predicted molar refractivity (Wildman–Crippen MR) is 132 cm³/mol. The quantitative estimate of drug-likeness (QED) is 0.459. The van der Waals surface area contributed by atoms with Gasteiger partial charge >= 0.3 is 0 Å². The van der Waals surface area contributed by atoms with E-state index in [9.17, 15) is 4.79 Å². The molecular formula is C26H29N7O2. The summed E-state index contributed by atoms with van der Waals surface area (Å²) in [6, 6.07) is 6.02. The summed E-state index contributed by atoms with van der Waals surface area (Å²) in [7, 11) is 0. The molecule has 2 N–H and O–H groups in total. The predicted octanol–water partition coefficient (Wildman–Crippen LogP) is 3.82. The molecule has 1 spiro atoms. The molecule has 2 aliphatic carbocycles. The van der Waals surface area contributed by atoms with Gasteiger partial charge < -0.3 is 15.4 Å². The molecule has 4 aromatic rings. The van der Waals surface area contributed by atoms with Gasteiger partial charge in [-0.2, -0.15) is 10.2 Å². The van der Waals surface area contributed by atoms with Crippen molar-refractivity contribution >= 4 is 28.1 Å². The fraction of sp³-hybridized carbons (Fsp3) is 0.462. The Hall–Kier alpha value is -3.46. The van der Waals surface area contributed by atoms with Crippen LogP contribution >= 0.6 is 0 Å². The first-order chi connectivity index (χ1) is 17.1. The van der Waals surface area contributed by atoms with Gasteiger partial charge in [0.15, 0.2) is 5.65 Å². The highest BCUT2D eigenvalue weighted by atomic mass is 16.5. The zero-order chi connectivity index (χ0) is 23.6. The number of hydrogen-bond acceptors (Lipinski definition) is 6. The topological polar surface area (TPSA) is 98.4 Å². The minimum absolute atomic E-state index is 0.172. The molecule has 2 unspecified atom stereocenters. The third-order valence-corrected chi connectivity index (χ3v) is 7.94. The minimum Gasteiger partial charge on any atom is -0.490 e. The van der Waals surface area contributed by atoms with Crippen molar-refractivity contribution in [3.05, 3.63) is 48.5 Å². The van der Waals surface area contributed by atoms with Gasteiger partial charge in [-0.25, -0.2) is 9.50 Å². The maximum Gasteiger partial charge on any atom is 0.259 e. The normalized spacial score (nSPS) is 23.5. The zero-order valence-corrected chi connectivity index (χ0v) is 19.8. The first-order valence-electron chi connectivity index (χ1n) is 12.6. The highest BCUT2D eigenvalue weighted by Crippen LogP contribution is 2.46. The second kappa shape index (κ2) is 7.78. The third-order valence-electron chi connectivity index (χ3n) is 7.94. The fourth-order valence-corrected chi connectivity index (χ4v) is 5.84. The van der Waals surface area contributed by atoms with Gasteiger partial charge in [-0.15, -0.1) is 0 Å². The average Bonchev–Trinajstić information content (AvgIpc) is 3.41. The van der Waals surface area contributed by atoms with E-state index < -0.39 is 0 Å². The number of aromatic nitrogens is 5. The molecule has 1 aromatic carbocycles. The molecule has 180 valence electrons. The summed E-state index contributed by atoms with van der Waals surface area (Å²) in [5.74, 6) is 0.915. The number of benzene rings is 1. The monoisotopic (exact) mass is 471 g/mol. The number of anilines is 1. The molecule has 1 saturated heterocycles. The zero-order valence-electron chi connectivity index (χ0n) is 19.8. The van der Waals surface area contributed by atoms with Crippen LogP contribution in [0.4, 0.5) is 5.69 Å². The lowest BCUT2D eigenvalue weighted by molar-refractivity contribution is 0.0452. The molecule has 0 bridgehead atoms. The summed E-state index contributed by atoms with van der Waals surface area (Å²) in [6.45, 7) is 4.64. The molecule has 7 rings (SSSR count). The fourth-order valence-electron chi connectivity index (χ4n) is 5.84. The summed E-state index contributed by atoms with van der Waals surface area (Å²) in [4.78, 5) is 17.7. The van der Waals surface area contributed by atoms with E-state index in [0.717, 1.165) is 43.3 Å². The van der Waals surface area contributed by atoms with Crippen LogP contribution in [0.2, 0.25) is 0 Å². The molecule has 1 aliphatic heterocycles. The van der Waals surface area contributed by atoms with Gasteiger partial charge in [0.1, 0.15) is 11.4 Å². The van der Waals surface area contributed by atoms with E-state index >= 15 is 0 Å². The van der Waals surface area contributed by atoms with Crippen LogP contribution in [0.25, 0.3) is 16.6 Å². The van der Waals surface area contributed by atoms with Crippen molar-refractivity contribution in [2.45, 2.75) is 51.2 Å². The summed E-state index contributed by atoms with van der Waals surface area (Å²) in [6.07, 6.45) is 13.0. The molecule has 4 heterocycles. The van der Waals surface area contributed by atoms with E-state index in [-0.39, 0.29) is 12.0 Å². The minimum atomic E-state index is -0.235. The van der Waals surface area contributed by atoms with Gasteiger partial charge in [0.25, 0.3) is 5.91 Å². The lowest BCUT2D eigenvalue weighted by Crippen LogP contribution is -2.56. The lowest BCUT2D eigenvalue weighted by atomic mass is 9.65. The third kappa shape index (κ3) is 3.65. The van der Waals surface area contributed by atoms with Crippen molar-refractivity contribution in [1.82, 2.24) is 29.7 Å². The van der Waals surface area contributed by atoms with E-state index in [2.05, 4.69) is 38.5 Å². The van der Waals surface area contributed by atoms with E-state index in [1.165, 1.54) is 12.8 Å². The molecule has 2 atom stereocenters. The van der Waals surface area contributed by atoms with E-state index in [4.69, 9.17) is 9.84 Å². The van der Waals surface area contributed by atoms with Crippen LogP contribution in [-0.2, 0) is 0 Å². The maximum atomic E-state index is 13.4. The number of amides is 1. The van der Waals surface area contributed by atoms with Crippen LogP contribution in [0.3, 0.4) is 0 Å². The van der Waals surface area contributed by atoms with Crippen molar-refractivity contribution in [2.75, 3.05) is 18.4 Å². The Balaban J connectivity index is 1.21. The Morgan fingerprint density at radius 1 is 1.26 bits per heavy atom. The number of fused-ring (bicyclic) bond motifs is 2. The second-order valence-electron chi connectivity index (χ2n) is 10.6. The van der Waals surface area contributed by atoms with Crippen LogP contribution in [-0.4, -0.2) is 49.5 Å². The van der Waals surface area contributed by atoms with Crippen molar-refractivity contribution in [2.24, 2.45) is 11.3 Å². The molecule has 0 radical (unpaired) electrons. The van der Waals surface area contributed by atoms with Gasteiger partial charge in [-0.1, -0.05) is 6.92 Å². The highest BCUT2D eigenvalue weighted by molar-refractivity contribution is 6.09. The molecule has 9 heteroatoms. The van der Waals surface area contributed by atoms with E-state index in [0.29, 0.717) is 40.0 Å². The largest absolute Gasteiger partial charge is 0.490 e. The number of rotatable bonds is 5. The Labute approximate surface area is 202 Å². The summed E-state index contributed by atoms with van der Waals surface area (Å²) >= 11 is 0. The number of ether oxygens (including phenoxy) is 1. The van der Waals surface area contributed by atoms with Crippen LogP contribution in [0, 0.1) is 11.3 Å². The first-order valence-corrected chi connectivity index (χ1v) is 12.6. The molecule has 3 fully saturated rings. The van der Waals surface area contributed by atoms with E-state index in [1.807, 2.05) is 12.1 Å².